The van der Waals surface area contributed by atoms with Crippen LogP contribution in [-0.2, 0) is 4.79 Å². The van der Waals surface area contributed by atoms with E-state index in [0.29, 0.717) is 16.6 Å². The number of rotatable bonds is 7. The summed E-state index contributed by atoms with van der Waals surface area (Å²) in [7, 11) is 0. The topological polar surface area (TPSA) is 108 Å². The highest BCUT2D eigenvalue weighted by atomic mass is 32.1. The van der Waals surface area contributed by atoms with Gasteiger partial charge in [0.05, 0.1) is 17.3 Å². The molecule has 39 heavy (non-hydrogen) atoms. The van der Waals surface area contributed by atoms with Crippen LogP contribution >= 0.6 is 12.2 Å². The number of thiocarbonyl (C=S) groups is 1. The third kappa shape index (κ3) is 5.26. The van der Waals surface area contributed by atoms with Crippen molar-refractivity contribution in [2.24, 2.45) is 5.92 Å². The van der Waals surface area contributed by atoms with Gasteiger partial charge in [-0.25, -0.2) is 4.79 Å². The number of aryl methyl sites for hydroxylation is 1. The third-order valence-corrected chi connectivity index (χ3v) is 7.02. The number of nitrogens with zero attached hydrogens (tertiary/aromatic N) is 2. The Labute approximate surface area is 231 Å². The first-order valence-electron chi connectivity index (χ1n) is 12.6. The zero-order valence-electron chi connectivity index (χ0n) is 21.7. The van der Waals surface area contributed by atoms with Crippen molar-refractivity contribution in [2.45, 2.75) is 32.9 Å². The highest BCUT2D eigenvalue weighted by Gasteiger charge is 2.42. The van der Waals surface area contributed by atoms with Crippen molar-refractivity contribution >= 4 is 40.6 Å². The van der Waals surface area contributed by atoms with E-state index in [1.165, 1.54) is 0 Å². The molecule has 1 fully saturated rings. The van der Waals surface area contributed by atoms with Crippen molar-refractivity contribution in [3.8, 4) is 11.3 Å². The van der Waals surface area contributed by atoms with Gasteiger partial charge in [-0.2, -0.15) is 0 Å². The number of hydrogen-bond donors (Lipinski definition) is 3. The van der Waals surface area contributed by atoms with Gasteiger partial charge in [0.1, 0.15) is 17.6 Å². The molecule has 1 aliphatic heterocycles. The molecule has 0 spiro atoms. The van der Waals surface area contributed by atoms with Gasteiger partial charge in [0.15, 0.2) is 5.11 Å². The van der Waals surface area contributed by atoms with Crippen molar-refractivity contribution in [2.75, 3.05) is 10.2 Å². The summed E-state index contributed by atoms with van der Waals surface area (Å²) in [6.07, 6.45) is 1.74. The number of carboxylic acids is 1. The Hall–Kier alpha value is -4.50. The van der Waals surface area contributed by atoms with E-state index in [1.807, 2.05) is 74.2 Å². The standard InChI is InChI=1S/C30H28N4O4S/c1-17(2)28(35)32-22-12-11-21(16-18(22)3)34-27(26(33-30(34)39)23-6-4-5-15-31-23)25-14-13-24(38-25)19-7-9-20(10-8-19)29(36)37/h4-17,26-27H,1-3H3,(H,32,35)(H,33,39)(H,36,37). The lowest BCUT2D eigenvalue weighted by atomic mass is 10.0. The predicted molar refractivity (Wildman–Crippen MR) is 154 cm³/mol. The Morgan fingerprint density at radius 1 is 1.08 bits per heavy atom. The number of carbonyl (C=O) groups is 2. The lowest BCUT2D eigenvalue weighted by molar-refractivity contribution is -0.118. The van der Waals surface area contributed by atoms with Crippen LogP contribution < -0.4 is 15.5 Å². The summed E-state index contributed by atoms with van der Waals surface area (Å²) in [4.78, 5) is 30.1. The second-order valence-corrected chi connectivity index (χ2v) is 10.1. The van der Waals surface area contributed by atoms with Gasteiger partial charge in [-0.3, -0.25) is 9.78 Å². The summed E-state index contributed by atoms with van der Waals surface area (Å²) in [5.41, 5.74) is 4.29. The molecule has 4 aromatic rings. The summed E-state index contributed by atoms with van der Waals surface area (Å²) in [5.74, 6) is 0.131. The van der Waals surface area contributed by atoms with Crippen molar-refractivity contribution in [1.29, 1.82) is 0 Å². The number of anilines is 2. The van der Waals surface area contributed by atoms with E-state index in [9.17, 15) is 14.7 Å². The molecular formula is C30H28N4O4S. The molecule has 1 aliphatic rings. The number of aromatic nitrogens is 1. The quantitative estimate of drug-likeness (QED) is 0.241. The molecule has 0 radical (unpaired) electrons. The normalized spacial score (nSPS) is 16.8. The van der Waals surface area contributed by atoms with Crippen molar-refractivity contribution in [3.63, 3.8) is 0 Å². The van der Waals surface area contributed by atoms with Crippen LogP contribution in [0.1, 0.15) is 53.3 Å². The number of aromatic carboxylic acids is 1. The third-order valence-electron chi connectivity index (χ3n) is 6.70. The lowest BCUT2D eigenvalue weighted by Gasteiger charge is -2.27. The molecule has 3 heterocycles. The van der Waals surface area contributed by atoms with Crippen LogP contribution in [0.4, 0.5) is 11.4 Å². The van der Waals surface area contributed by atoms with E-state index >= 15 is 0 Å². The van der Waals surface area contributed by atoms with E-state index in [2.05, 4.69) is 15.6 Å². The number of nitrogens with one attached hydrogen (secondary N) is 2. The summed E-state index contributed by atoms with van der Waals surface area (Å²) < 4.78 is 6.37. The predicted octanol–water partition coefficient (Wildman–Crippen LogP) is 6.12. The molecule has 2 unspecified atom stereocenters. The fourth-order valence-corrected chi connectivity index (χ4v) is 4.93. The molecule has 1 saturated heterocycles. The number of amides is 1. The zero-order chi connectivity index (χ0) is 27.7. The minimum Gasteiger partial charge on any atom is -0.478 e. The van der Waals surface area contributed by atoms with Crippen molar-refractivity contribution in [1.82, 2.24) is 10.3 Å². The first-order valence-corrected chi connectivity index (χ1v) is 13.0. The van der Waals surface area contributed by atoms with Crippen LogP contribution in [0.25, 0.3) is 11.3 Å². The summed E-state index contributed by atoms with van der Waals surface area (Å²) >= 11 is 5.82. The van der Waals surface area contributed by atoms with Crippen LogP contribution in [-0.4, -0.2) is 27.1 Å². The van der Waals surface area contributed by atoms with Crippen LogP contribution in [0.2, 0.25) is 0 Å². The number of pyridine rings is 1. The first kappa shape index (κ1) is 26.1. The van der Waals surface area contributed by atoms with Crippen molar-refractivity contribution in [3.05, 3.63) is 102 Å². The molecule has 2 aromatic heterocycles. The van der Waals surface area contributed by atoms with Gasteiger partial charge in [0.2, 0.25) is 5.91 Å². The lowest BCUT2D eigenvalue weighted by Crippen LogP contribution is -2.29. The van der Waals surface area contributed by atoms with Crippen molar-refractivity contribution < 1.29 is 19.1 Å². The highest BCUT2D eigenvalue weighted by Crippen LogP contribution is 2.43. The largest absolute Gasteiger partial charge is 0.478 e. The molecule has 1 amide bonds. The highest BCUT2D eigenvalue weighted by molar-refractivity contribution is 7.80. The maximum atomic E-state index is 12.3. The van der Waals surface area contributed by atoms with Crippen LogP contribution in [0.5, 0.6) is 0 Å². The minimum atomic E-state index is -0.980. The summed E-state index contributed by atoms with van der Waals surface area (Å²) in [6.45, 7) is 5.66. The maximum absolute atomic E-state index is 12.3. The minimum absolute atomic E-state index is 0.0446. The fraction of sp³-hybridized carbons (Fsp3) is 0.200. The van der Waals surface area contributed by atoms with Gasteiger partial charge in [0, 0.05) is 29.1 Å². The Bertz CT molecular complexity index is 1530. The molecule has 2 atom stereocenters. The molecule has 198 valence electrons. The number of furan rings is 1. The van der Waals surface area contributed by atoms with E-state index in [0.717, 1.165) is 28.2 Å². The number of benzene rings is 2. The fourth-order valence-electron chi connectivity index (χ4n) is 4.58. The monoisotopic (exact) mass is 540 g/mol. The molecular weight excluding hydrogens is 512 g/mol. The Kier molecular flexibility index (Phi) is 7.17. The average molecular weight is 541 g/mol. The van der Waals surface area contributed by atoms with Crippen LogP contribution in [0.15, 0.2) is 83.4 Å². The van der Waals surface area contributed by atoms with Crippen LogP contribution in [0, 0.1) is 12.8 Å². The van der Waals surface area contributed by atoms with Gasteiger partial charge in [-0.15, -0.1) is 0 Å². The molecule has 9 heteroatoms. The van der Waals surface area contributed by atoms with Gasteiger partial charge < -0.3 is 25.1 Å². The van der Waals surface area contributed by atoms with Gasteiger partial charge >= 0.3 is 5.97 Å². The molecule has 3 N–H and O–H groups in total. The molecule has 8 nitrogen and oxygen atoms in total. The molecule has 5 rings (SSSR count). The van der Waals surface area contributed by atoms with Gasteiger partial charge in [-0.05, 0) is 79.3 Å². The second-order valence-electron chi connectivity index (χ2n) is 9.72. The Morgan fingerprint density at radius 3 is 2.49 bits per heavy atom. The zero-order valence-corrected chi connectivity index (χ0v) is 22.5. The van der Waals surface area contributed by atoms with Gasteiger partial charge in [0.25, 0.3) is 0 Å². The first-order chi connectivity index (χ1) is 18.7. The van der Waals surface area contributed by atoms with E-state index in [4.69, 9.17) is 16.6 Å². The SMILES string of the molecule is Cc1cc(N2C(=S)NC(c3ccccn3)C2c2ccc(-c3ccc(C(=O)O)cc3)o2)ccc1NC(=O)C(C)C. The average Bonchev–Trinajstić information content (AvgIpc) is 3.55. The number of carboxylic acid groups (broad SMARTS) is 1. The molecule has 0 bridgehead atoms. The van der Waals surface area contributed by atoms with Gasteiger partial charge in [-0.1, -0.05) is 32.0 Å². The smallest absolute Gasteiger partial charge is 0.335 e. The van der Waals surface area contributed by atoms with E-state index in [1.54, 1.807) is 30.5 Å². The second kappa shape index (κ2) is 10.7. The molecule has 0 aliphatic carbocycles. The summed E-state index contributed by atoms with van der Waals surface area (Å²) in [6, 6.07) is 21.3. The summed E-state index contributed by atoms with van der Waals surface area (Å²) in [5, 5.41) is 16.1. The Morgan fingerprint density at radius 2 is 1.85 bits per heavy atom. The maximum Gasteiger partial charge on any atom is 0.335 e. The Balaban J connectivity index is 1.53. The molecule has 0 saturated carbocycles. The van der Waals surface area contributed by atoms with E-state index in [-0.39, 0.29) is 29.5 Å². The van der Waals surface area contributed by atoms with Crippen LogP contribution in [0.3, 0.4) is 0 Å². The number of carbonyl (C=O) groups excluding carboxylic acids is 1. The number of hydrogen-bond acceptors (Lipinski definition) is 5. The molecule has 2 aromatic carbocycles. The van der Waals surface area contributed by atoms with E-state index < -0.39 is 5.97 Å².